The van der Waals surface area contributed by atoms with E-state index in [1.807, 2.05) is 0 Å². The van der Waals surface area contributed by atoms with Crippen LogP contribution in [0.3, 0.4) is 0 Å². The molecule has 0 saturated carbocycles. The summed E-state index contributed by atoms with van der Waals surface area (Å²) < 4.78 is 31.6. The zero-order valence-corrected chi connectivity index (χ0v) is 16.0. The predicted molar refractivity (Wildman–Crippen MR) is 101 cm³/mol. The second kappa shape index (κ2) is 7.95. The van der Waals surface area contributed by atoms with E-state index in [9.17, 15) is 23.3 Å². The van der Waals surface area contributed by atoms with Crippen LogP contribution < -0.4 is 4.74 Å². The van der Waals surface area contributed by atoms with Gasteiger partial charge in [0.05, 0.1) is 16.9 Å². The third-order valence-corrected chi connectivity index (χ3v) is 6.44. The predicted octanol–water partition coefficient (Wildman–Crippen LogP) is 1.75. The summed E-state index contributed by atoms with van der Waals surface area (Å²) >= 11 is 0. The number of nitrogens with zero attached hydrogens (tertiary/aromatic N) is 3. The van der Waals surface area contributed by atoms with E-state index in [0.717, 1.165) is 0 Å². The molecule has 2 aromatic rings. The molecule has 0 aliphatic carbocycles. The summed E-state index contributed by atoms with van der Waals surface area (Å²) in [6.07, 6.45) is 0. The van der Waals surface area contributed by atoms with Crippen molar-refractivity contribution in [2.24, 2.45) is 0 Å². The van der Waals surface area contributed by atoms with Crippen LogP contribution in [0.4, 0.5) is 5.69 Å². The van der Waals surface area contributed by atoms with Crippen LogP contribution in [0.5, 0.6) is 5.75 Å². The zero-order chi connectivity index (χ0) is 20.3. The Morgan fingerprint density at radius 3 is 2.29 bits per heavy atom. The molecule has 0 bridgehead atoms. The third-order valence-electron chi connectivity index (χ3n) is 4.53. The number of benzene rings is 2. The molecule has 3 rings (SSSR count). The number of piperazine rings is 1. The average molecular weight is 405 g/mol. The lowest BCUT2D eigenvalue weighted by molar-refractivity contribution is -0.385. The highest BCUT2D eigenvalue weighted by Crippen LogP contribution is 2.28. The number of amides is 1. The number of sulfonamides is 1. The molecule has 1 aliphatic heterocycles. The summed E-state index contributed by atoms with van der Waals surface area (Å²) in [6, 6.07) is 12.1. The molecule has 10 heteroatoms. The first-order valence-corrected chi connectivity index (χ1v) is 9.95. The minimum Gasteiger partial charge on any atom is -0.490 e. The molecule has 1 saturated heterocycles. The van der Waals surface area contributed by atoms with E-state index in [1.54, 1.807) is 18.2 Å². The molecule has 1 aliphatic rings. The van der Waals surface area contributed by atoms with Crippen molar-refractivity contribution < 1.29 is 22.9 Å². The number of nitro groups is 1. The second-order valence-electron chi connectivity index (χ2n) is 6.15. The summed E-state index contributed by atoms with van der Waals surface area (Å²) in [5.74, 6) is -0.317. The van der Waals surface area contributed by atoms with Crippen LogP contribution in [0.15, 0.2) is 53.4 Å². The normalized spacial score (nSPS) is 15.2. The Morgan fingerprint density at radius 1 is 1.07 bits per heavy atom. The van der Waals surface area contributed by atoms with Crippen molar-refractivity contribution in [3.8, 4) is 5.75 Å². The Bertz CT molecular complexity index is 986. The Kier molecular flexibility index (Phi) is 5.61. The van der Waals surface area contributed by atoms with Gasteiger partial charge in [0.1, 0.15) is 0 Å². The average Bonchev–Trinajstić information content (AvgIpc) is 2.73. The summed E-state index contributed by atoms with van der Waals surface area (Å²) in [5, 5.41) is 11.1. The maximum absolute atomic E-state index is 12.7. The Hall–Kier alpha value is -2.98. The van der Waals surface area contributed by atoms with E-state index in [2.05, 4.69) is 0 Å². The molecule has 0 atom stereocenters. The number of methoxy groups -OCH3 is 1. The van der Waals surface area contributed by atoms with Gasteiger partial charge < -0.3 is 9.64 Å². The minimum absolute atomic E-state index is 0.0697. The summed E-state index contributed by atoms with van der Waals surface area (Å²) in [4.78, 5) is 24.9. The highest BCUT2D eigenvalue weighted by atomic mass is 32.2. The number of hydrogen-bond acceptors (Lipinski definition) is 6. The maximum Gasteiger partial charge on any atom is 0.311 e. The molecule has 1 fully saturated rings. The fourth-order valence-electron chi connectivity index (χ4n) is 3.02. The van der Waals surface area contributed by atoms with E-state index in [0.29, 0.717) is 0 Å². The van der Waals surface area contributed by atoms with E-state index in [4.69, 9.17) is 4.74 Å². The first kappa shape index (κ1) is 19.8. The second-order valence-corrected chi connectivity index (χ2v) is 8.09. The van der Waals surface area contributed by atoms with Gasteiger partial charge in [-0.05, 0) is 24.3 Å². The highest BCUT2D eigenvalue weighted by molar-refractivity contribution is 7.89. The number of carbonyl (C=O) groups excluding carboxylic acids is 1. The van der Waals surface area contributed by atoms with Gasteiger partial charge in [-0.15, -0.1) is 0 Å². The number of rotatable bonds is 5. The van der Waals surface area contributed by atoms with Crippen molar-refractivity contribution in [2.45, 2.75) is 4.90 Å². The van der Waals surface area contributed by atoms with Crippen molar-refractivity contribution in [3.63, 3.8) is 0 Å². The van der Waals surface area contributed by atoms with Gasteiger partial charge in [-0.25, -0.2) is 8.42 Å². The van der Waals surface area contributed by atoms with Crippen LogP contribution in [-0.2, 0) is 10.0 Å². The van der Waals surface area contributed by atoms with Crippen molar-refractivity contribution >= 4 is 21.6 Å². The fraction of sp³-hybridized carbons (Fsp3) is 0.278. The topological polar surface area (TPSA) is 110 Å². The maximum atomic E-state index is 12.7. The smallest absolute Gasteiger partial charge is 0.311 e. The Morgan fingerprint density at radius 2 is 1.71 bits per heavy atom. The lowest BCUT2D eigenvalue weighted by Crippen LogP contribution is -2.50. The molecule has 0 unspecified atom stereocenters. The highest BCUT2D eigenvalue weighted by Gasteiger charge is 2.31. The lowest BCUT2D eigenvalue weighted by Gasteiger charge is -2.34. The van der Waals surface area contributed by atoms with Crippen LogP contribution in [-0.4, -0.2) is 61.7 Å². The standard InChI is InChI=1S/C18H19N3O6S/c1-27-17-8-7-14(13-16(17)21(23)24)18(22)19-9-11-20(12-10-19)28(25,26)15-5-3-2-4-6-15/h2-8,13H,9-12H2,1H3. The zero-order valence-electron chi connectivity index (χ0n) is 15.1. The van der Waals surface area contributed by atoms with Gasteiger partial charge in [-0.2, -0.15) is 4.31 Å². The molecule has 148 valence electrons. The summed E-state index contributed by atoms with van der Waals surface area (Å²) in [7, 11) is -2.30. The van der Waals surface area contributed by atoms with Gasteiger partial charge in [0, 0.05) is 37.8 Å². The fourth-order valence-corrected chi connectivity index (χ4v) is 4.46. The molecule has 0 N–H and O–H groups in total. The van der Waals surface area contributed by atoms with Gasteiger partial charge >= 0.3 is 5.69 Å². The molecule has 0 radical (unpaired) electrons. The van der Waals surface area contributed by atoms with Crippen molar-refractivity contribution in [1.29, 1.82) is 0 Å². The van der Waals surface area contributed by atoms with Gasteiger partial charge in [-0.3, -0.25) is 14.9 Å². The van der Waals surface area contributed by atoms with Crippen LogP contribution >= 0.6 is 0 Å². The van der Waals surface area contributed by atoms with Gasteiger partial charge in [-0.1, -0.05) is 18.2 Å². The first-order valence-electron chi connectivity index (χ1n) is 8.51. The quantitative estimate of drug-likeness (QED) is 0.554. The SMILES string of the molecule is COc1ccc(C(=O)N2CCN(S(=O)(=O)c3ccccc3)CC2)cc1[N+](=O)[O-]. The van der Waals surface area contributed by atoms with Crippen LogP contribution in [0.2, 0.25) is 0 Å². The number of carbonyl (C=O) groups is 1. The Labute approximate surface area is 162 Å². The molecular formula is C18H19N3O6S. The van der Waals surface area contributed by atoms with E-state index in [-0.39, 0.29) is 54.0 Å². The van der Waals surface area contributed by atoms with Crippen molar-refractivity contribution in [3.05, 3.63) is 64.2 Å². The monoisotopic (exact) mass is 405 g/mol. The Balaban J connectivity index is 1.72. The van der Waals surface area contributed by atoms with Gasteiger partial charge in [0.2, 0.25) is 10.0 Å². The lowest BCUT2D eigenvalue weighted by atomic mass is 10.1. The number of ether oxygens (including phenoxy) is 1. The van der Waals surface area contributed by atoms with Gasteiger partial charge in [0.25, 0.3) is 5.91 Å². The van der Waals surface area contributed by atoms with Crippen LogP contribution in [0, 0.1) is 10.1 Å². The van der Waals surface area contributed by atoms with E-state index in [1.165, 1.54) is 46.6 Å². The van der Waals surface area contributed by atoms with Crippen LogP contribution in [0.25, 0.3) is 0 Å². The van der Waals surface area contributed by atoms with Crippen molar-refractivity contribution in [1.82, 2.24) is 9.21 Å². The largest absolute Gasteiger partial charge is 0.490 e. The molecular weight excluding hydrogens is 386 g/mol. The summed E-state index contributed by atoms with van der Waals surface area (Å²) in [5.41, 5.74) is -0.134. The van der Waals surface area contributed by atoms with E-state index < -0.39 is 14.9 Å². The van der Waals surface area contributed by atoms with Crippen LogP contribution in [0.1, 0.15) is 10.4 Å². The molecule has 1 amide bonds. The third kappa shape index (κ3) is 3.82. The first-order chi connectivity index (χ1) is 13.3. The minimum atomic E-state index is -3.61. The molecule has 1 heterocycles. The molecule has 0 aromatic heterocycles. The van der Waals surface area contributed by atoms with Gasteiger partial charge in [0.15, 0.2) is 5.75 Å². The molecule has 0 spiro atoms. The summed E-state index contributed by atoms with van der Waals surface area (Å²) in [6.45, 7) is 0.706. The van der Waals surface area contributed by atoms with Crippen molar-refractivity contribution in [2.75, 3.05) is 33.3 Å². The molecule has 9 nitrogen and oxygen atoms in total. The van der Waals surface area contributed by atoms with E-state index >= 15 is 0 Å². The molecule has 28 heavy (non-hydrogen) atoms. The molecule has 2 aromatic carbocycles. The number of hydrogen-bond donors (Lipinski definition) is 0. The number of nitro benzene ring substituents is 1.